The largest absolute Gasteiger partial charge is 0.478 e. The van der Waals surface area contributed by atoms with Crippen molar-refractivity contribution in [2.75, 3.05) is 0 Å². The summed E-state index contributed by atoms with van der Waals surface area (Å²) in [6, 6.07) is 5.54. The van der Waals surface area contributed by atoms with Gasteiger partial charge in [-0.1, -0.05) is 12.1 Å². The molecule has 0 bridgehead atoms. The molecule has 1 aromatic carbocycles. The first kappa shape index (κ1) is 12.9. The molecule has 2 aromatic rings. The van der Waals surface area contributed by atoms with Gasteiger partial charge < -0.3 is 9.84 Å². The van der Waals surface area contributed by atoms with E-state index in [4.69, 9.17) is 5.11 Å². The van der Waals surface area contributed by atoms with Gasteiger partial charge in [0.1, 0.15) is 11.3 Å². The van der Waals surface area contributed by atoms with E-state index in [1.165, 1.54) is 24.5 Å². The molecule has 0 aliphatic heterocycles. The van der Waals surface area contributed by atoms with E-state index >= 15 is 0 Å². The number of benzene rings is 1. The number of carboxylic acids is 1. The average molecular weight is 266 g/mol. The predicted octanol–water partition coefficient (Wildman–Crippen LogP) is 2.44. The van der Waals surface area contributed by atoms with Crippen molar-refractivity contribution in [1.29, 1.82) is 0 Å². The van der Waals surface area contributed by atoms with Crippen LogP contribution in [0.25, 0.3) is 11.4 Å². The lowest BCUT2D eigenvalue weighted by Crippen LogP contribution is -2.09. The summed E-state index contributed by atoms with van der Waals surface area (Å²) < 4.78 is 28.7. The van der Waals surface area contributed by atoms with Crippen molar-refractivity contribution >= 4 is 5.97 Å². The Balaban J connectivity index is 2.58. The van der Waals surface area contributed by atoms with Crippen molar-refractivity contribution in [2.24, 2.45) is 0 Å². The summed E-state index contributed by atoms with van der Waals surface area (Å²) in [6.45, 7) is -3.11. The lowest BCUT2D eigenvalue weighted by Gasteiger charge is -2.11. The molecular weight excluding hydrogens is 258 g/mol. The molecular formula is C12H8F2N2O3. The number of halogens is 2. The second kappa shape index (κ2) is 5.38. The Hall–Kier alpha value is -2.57. The fraction of sp³-hybridized carbons (Fsp3) is 0.0833. The van der Waals surface area contributed by atoms with Crippen LogP contribution in [-0.2, 0) is 0 Å². The zero-order chi connectivity index (χ0) is 13.8. The molecule has 1 N–H and O–H groups in total. The van der Waals surface area contributed by atoms with Crippen molar-refractivity contribution in [3.63, 3.8) is 0 Å². The summed E-state index contributed by atoms with van der Waals surface area (Å²) in [6.07, 6.45) is 2.85. The fourth-order valence-corrected chi connectivity index (χ4v) is 1.57. The van der Waals surface area contributed by atoms with Gasteiger partial charge in [-0.25, -0.2) is 14.8 Å². The molecule has 0 saturated heterocycles. The van der Waals surface area contributed by atoms with Gasteiger partial charge in [-0.2, -0.15) is 8.78 Å². The highest BCUT2D eigenvalue weighted by Crippen LogP contribution is 2.29. The Morgan fingerprint density at radius 3 is 2.47 bits per heavy atom. The maximum Gasteiger partial charge on any atom is 0.387 e. The molecule has 2 rings (SSSR count). The van der Waals surface area contributed by atoms with E-state index in [9.17, 15) is 13.6 Å². The van der Waals surface area contributed by atoms with Gasteiger partial charge in [0, 0.05) is 18.0 Å². The highest BCUT2D eigenvalue weighted by atomic mass is 19.3. The lowest BCUT2D eigenvalue weighted by atomic mass is 10.1. The molecule has 19 heavy (non-hydrogen) atoms. The van der Waals surface area contributed by atoms with Crippen LogP contribution < -0.4 is 4.74 Å². The maximum atomic E-state index is 12.3. The van der Waals surface area contributed by atoms with E-state index in [2.05, 4.69) is 14.7 Å². The monoisotopic (exact) mass is 266 g/mol. The molecule has 0 atom stereocenters. The maximum absolute atomic E-state index is 12.3. The third kappa shape index (κ3) is 2.82. The Morgan fingerprint density at radius 1 is 1.21 bits per heavy atom. The van der Waals surface area contributed by atoms with Gasteiger partial charge >= 0.3 is 12.6 Å². The average Bonchev–Trinajstić information content (AvgIpc) is 2.38. The Kier molecular flexibility index (Phi) is 3.65. The van der Waals surface area contributed by atoms with Crippen LogP contribution in [0.2, 0.25) is 0 Å². The van der Waals surface area contributed by atoms with Crippen molar-refractivity contribution in [3.05, 3.63) is 42.2 Å². The Labute approximate surface area is 106 Å². The standard InChI is InChI=1S/C12H8F2N2O3/c13-12(14)19-8-4-1-3-7(9(8)11(17)18)10-15-5-2-6-16-10/h1-6,12H,(H,17,18). The second-order valence-corrected chi connectivity index (χ2v) is 3.43. The van der Waals surface area contributed by atoms with Crippen LogP contribution in [0.15, 0.2) is 36.7 Å². The number of rotatable bonds is 4. The van der Waals surface area contributed by atoms with Crippen molar-refractivity contribution in [1.82, 2.24) is 9.97 Å². The molecule has 0 spiro atoms. The van der Waals surface area contributed by atoms with Gasteiger partial charge in [0.05, 0.1) is 0 Å². The van der Waals surface area contributed by atoms with Crippen LogP contribution in [0.1, 0.15) is 10.4 Å². The Bertz CT molecular complexity index is 591. The topological polar surface area (TPSA) is 72.3 Å². The minimum atomic E-state index is -3.11. The summed E-state index contributed by atoms with van der Waals surface area (Å²) >= 11 is 0. The molecule has 0 unspecified atom stereocenters. The lowest BCUT2D eigenvalue weighted by molar-refractivity contribution is -0.0502. The van der Waals surface area contributed by atoms with Gasteiger partial charge in [0.25, 0.3) is 0 Å². The molecule has 1 aromatic heterocycles. The summed E-state index contributed by atoms with van der Waals surface area (Å²) in [5, 5.41) is 9.14. The quantitative estimate of drug-likeness (QED) is 0.920. The molecule has 0 aliphatic carbocycles. The van der Waals surface area contributed by atoms with Crippen molar-refractivity contribution in [2.45, 2.75) is 6.61 Å². The molecule has 98 valence electrons. The third-order valence-electron chi connectivity index (χ3n) is 2.26. The minimum absolute atomic E-state index is 0.117. The number of alkyl halides is 2. The van der Waals surface area contributed by atoms with Crippen LogP contribution in [-0.4, -0.2) is 27.7 Å². The fourth-order valence-electron chi connectivity index (χ4n) is 1.57. The number of hydrogen-bond acceptors (Lipinski definition) is 4. The van der Waals surface area contributed by atoms with E-state index in [-0.39, 0.29) is 11.4 Å². The van der Waals surface area contributed by atoms with Gasteiger partial charge in [-0.05, 0) is 12.1 Å². The SMILES string of the molecule is O=C(O)c1c(OC(F)F)cccc1-c1ncccn1. The normalized spacial score (nSPS) is 10.5. The first-order valence-electron chi connectivity index (χ1n) is 5.18. The first-order valence-corrected chi connectivity index (χ1v) is 5.18. The molecule has 1 heterocycles. The summed E-state index contributed by atoms with van der Waals surface area (Å²) in [5.41, 5.74) is -0.278. The van der Waals surface area contributed by atoms with Crippen LogP contribution in [0.3, 0.4) is 0 Å². The zero-order valence-corrected chi connectivity index (χ0v) is 9.46. The first-order chi connectivity index (χ1) is 9.09. The summed E-state index contributed by atoms with van der Waals surface area (Å²) in [5.74, 6) is -1.69. The van der Waals surface area contributed by atoms with Gasteiger partial charge in [-0.3, -0.25) is 0 Å². The Morgan fingerprint density at radius 2 is 1.89 bits per heavy atom. The van der Waals surface area contributed by atoms with Crippen LogP contribution >= 0.6 is 0 Å². The number of carbonyl (C=O) groups is 1. The predicted molar refractivity (Wildman–Crippen MR) is 61.1 cm³/mol. The number of hydrogen-bond donors (Lipinski definition) is 1. The van der Waals surface area contributed by atoms with Gasteiger partial charge in [0.15, 0.2) is 5.82 Å². The molecule has 0 radical (unpaired) electrons. The molecule has 0 aliphatic rings. The van der Waals surface area contributed by atoms with Crippen LogP contribution in [0.4, 0.5) is 8.78 Å². The highest BCUT2D eigenvalue weighted by molar-refractivity contribution is 5.98. The van der Waals surface area contributed by atoms with Gasteiger partial charge in [-0.15, -0.1) is 0 Å². The smallest absolute Gasteiger partial charge is 0.387 e. The summed E-state index contributed by atoms with van der Waals surface area (Å²) in [7, 11) is 0. The van der Waals surface area contributed by atoms with E-state index in [0.29, 0.717) is 0 Å². The van der Waals surface area contributed by atoms with Crippen molar-refractivity contribution < 1.29 is 23.4 Å². The van der Waals surface area contributed by atoms with Crippen molar-refractivity contribution in [3.8, 4) is 17.1 Å². The third-order valence-corrected chi connectivity index (χ3v) is 2.26. The van der Waals surface area contributed by atoms with Crippen LogP contribution in [0, 0.1) is 0 Å². The molecule has 7 heteroatoms. The zero-order valence-electron chi connectivity index (χ0n) is 9.46. The van der Waals surface area contributed by atoms with E-state index in [0.717, 1.165) is 6.07 Å². The highest BCUT2D eigenvalue weighted by Gasteiger charge is 2.21. The van der Waals surface area contributed by atoms with Gasteiger partial charge in [0.2, 0.25) is 0 Å². The number of aromatic nitrogens is 2. The minimum Gasteiger partial charge on any atom is -0.478 e. The number of nitrogens with zero attached hydrogens (tertiary/aromatic N) is 2. The number of aromatic carboxylic acids is 1. The van der Waals surface area contributed by atoms with E-state index in [1.807, 2.05) is 0 Å². The molecule has 0 amide bonds. The number of carboxylic acid groups (broad SMARTS) is 1. The molecule has 0 fully saturated rings. The molecule has 5 nitrogen and oxygen atoms in total. The number of ether oxygens (including phenoxy) is 1. The summed E-state index contributed by atoms with van der Waals surface area (Å²) in [4.78, 5) is 19.0. The second-order valence-electron chi connectivity index (χ2n) is 3.43. The van der Waals surface area contributed by atoms with E-state index in [1.54, 1.807) is 6.07 Å². The van der Waals surface area contributed by atoms with Crippen LogP contribution in [0.5, 0.6) is 5.75 Å². The molecule has 0 saturated carbocycles. The van der Waals surface area contributed by atoms with E-state index < -0.39 is 23.9 Å².